The summed E-state index contributed by atoms with van der Waals surface area (Å²) >= 11 is 0. The van der Waals surface area contributed by atoms with Crippen LogP contribution in [-0.2, 0) is 16.2 Å². The molecule has 112 valence electrons. The molecule has 0 bridgehead atoms. The molecule has 1 amide bonds. The van der Waals surface area contributed by atoms with Crippen LogP contribution < -0.4 is 10.5 Å². The number of alkyl halides is 3. The zero-order valence-electron chi connectivity index (χ0n) is 10.3. The number of hydrogen-bond acceptors (Lipinski definition) is 3. The van der Waals surface area contributed by atoms with E-state index in [1.165, 1.54) is 12.1 Å². The second-order valence-corrected chi connectivity index (χ2v) is 5.75. The van der Waals surface area contributed by atoms with E-state index in [0.29, 0.717) is 0 Å². The van der Waals surface area contributed by atoms with Gasteiger partial charge in [0.1, 0.15) is 0 Å². The van der Waals surface area contributed by atoms with Gasteiger partial charge >= 0.3 is 6.18 Å². The lowest BCUT2D eigenvalue weighted by molar-refractivity contribution is -0.137. The Morgan fingerprint density at radius 2 is 1.85 bits per heavy atom. The summed E-state index contributed by atoms with van der Waals surface area (Å²) in [4.78, 5) is 11.6. The van der Waals surface area contributed by atoms with Crippen LogP contribution in [0.4, 0.5) is 13.2 Å². The molecule has 9 heteroatoms. The molecular weight excluding hydrogens is 297 g/mol. The standard InChI is InChI=1S/C11H13F3N2O3S/c12-11(13,14)9-5-2-1-4-8(9)10(17)16-6-3-7-20(15,18)19/h1-2,4-5H,3,6-7H2,(H,16,17)(H2,15,18,19). The Morgan fingerprint density at radius 1 is 1.25 bits per heavy atom. The minimum absolute atomic E-state index is 0.0265. The van der Waals surface area contributed by atoms with Crippen LogP contribution in [0.25, 0.3) is 0 Å². The van der Waals surface area contributed by atoms with Gasteiger partial charge in [-0.25, -0.2) is 13.6 Å². The first kappa shape index (κ1) is 16.4. The molecule has 1 rings (SSSR count). The maximum absolute atomic E-state index is 12.7. The highest BCUT2D eigenvalue weighted by Gasteiger charge is 2.34. The summed E-state index contributed by atoms with van der Waals surface area (Å²) in [5, 5.41) is 6.98. The van der Waals surface area contributed by atoms with Crippen LogP contribution in [0.2, 0.25) is 0 Å². The van der Waals surface area contributed by atoms with E-state index in [9.17, 15) is 26.4 Å². The molecule has 0 aliphatic heterocycles. The van der Waals surface area contributed by atoms with Crippen LogP contribution in [0.3, 0.4) is 0 Å². The molecule has 0 heterocycles. The van der Waals surface area contributed by atoms with Gasteiger partial charge in [0.2, 0.25) is 10.0 Å². The first-order chi connectivity index (χ1) is 9.11. The molecule has 20 heavy (non-hydrogen) atoms. The molecule has 0 unspecified atom stereocenters. The molecule has 0 spiro atoms. The average Bonchev–Trinajstić information content (AvgIpc) is 2.32. The maximum atomic E-state index is 12.7. The van der Waals surface area contributed by atoms with Crippen molar-refractivity contribution >= 4 is 15.9 Å². The lowest BCUT2D eigenvalue weighted by atomic mass is 10.1. The van der Waals surface area contributed by atoms with Crippen LogP contribution in [0.1, 0.15) is 22.3 Å². The van der Waals surface area contributed by atoms with Gasteiger partial charge in [-0.2, -0.15) is 13.2 Å². The summed E-state index contributed by atoms with van der Waals surface area (Å²) in [5.41, 5.74) is -1.54. The Hall–Kier alpha value is -1.61. The third-order valence-electron chi connectivity index (χ3n) is 2.37. The molecule has 3 N–H and O–H groups in total. The third kappa shape index (κ3) is 5.17. The number of sulfonamides is 1. The summed E-state index contributed by atoms with van der Waals surface area (Å²) in [6.07, 6.45) is -4.60. The highest BCUT2D eigenvalue weighted by Crippen LogP contribution is 2.31. The lowest BCUT2D eigenvalue weighted by Crippen LogP contribution is -2.29. The number of primary sulfonamides is 1. The number of nitrogens with one attached hydrogen (secondary N) is 1. The van der Waals surface area contributed by atoms with Crippen molar-refractivity contribution in [3.63, 3.8) is 0 Å². The van der Waals surface area contributed by atoms with Crippen molar-refractivity contribution in [2.75, 3.05) is 12.3 Å². The van der Waals surface area contributed by atoms with E-state index in [-0.39, 0.29) is 18.7 Å². The molecule has 0 saturated carbocycles. The van der Waals surface area contributed by atoms with Crippen LogP contribution >= 0.6 is 0 Å². The number of benzene rings is 1. The number of halogens is 3. The SMILES string of the molecule is NS(=O)(=O)CCCNC(=O)c1ccccc1C(F)(F)F. The summed E-state index contributed by atoms with van der Waals surface area (Å²) in [6.45, 7) is -0.0819. The van der Waals surface area contributed by atoms with Gasteiger partial charge in [0.15, 0.2) is 0 Å². The minimum Gasteiger partial charge on any atom is -0.352 e. The molecule has 5 nitrogen and oxygen atoms in total. The molecule has 0 radical (unpaired) electrons. The predicted molar refractivity (Wildman–Crippen MR) is 66.4 cm³/mol. The molecule has 1 aromatic rings. The van der Waals surface area contributed by atoms with Crippen molar-refractivity contribution in [2.24, 2.45) is 5.14 Å². The smallest absolute Gasteiger partial charge is 0.352 e. The number of hydrogen-bond donors (Lipinski definition) is 2. The van der Waals surface area contributed by atoms with Gasteiger partial charge in [-0.3, -0.25) is 4.79 Å². The van der Waals surface area contributed by atoms with Crippen molar-refractivity contribution in [3.05, 3.63) is 35.4 Å². The van der Waals surface area contributed by atoms with E-state index in [2.05, 4.69) is 5.32 Å². The van der Waals surface area contributed by atoms with E-state index in [0.717, 1.165) is 12.1 Å². The summed E-state index contributed by atoms with van der Waals surface area (Å²) < 4.78 is 59.3. The second kappa shape index (κ2) is 6.23. The summed E-state index contributed by atoms with van der Waals surface area (Å²) in [7, 11) is -3.65. The Bertz CT molecular complexity index is 585. The van der Waals surface area contributed by atoms with Crippen LogP contribution in [0.15, 0.2) is 24.3 Å². The van der Waals surface area contributed by atoms with Gasteiger partial charge in [-0.15, -0.1) is 0 Å². The van der Waals surface area contributed by atoms with Crippen LogP contribution in [-0.4, -0.2) is 26.6 Å². The van der Waals surface area contributed by atoms with Crippen molar-refractivity contribution in [1.29, 1.82) is 0 Å². The summed E-state index contributed by atoms with van der Waals surface area (Å²) in [6, 6.07) is 4.35. The van der Waals surface area contributed by atoms with Gasteiger partial charge in [0.05, 0.1) is 16.9 Å². The first-order valence-corrected chi connectivity index (χ1v) is 7.28. The Morgan fingerprint density at radius 3 is 2.40 bits per heavy atom. The molecule has 0 aliphatic carbocycles. The van der Waals surface area contributed by atoms with Crippen molar-refractivity contribution in [3.8, 4) is 0 Å². The third-order valence-corrected chi connectivity index (χ3v) is 3.23. The number of amides is 1. The fourth-order valence-corrected chi connectivity index (χ4v) is 2.05. The Labute approximate surface area is 114 Å². The second-order valence-electron chi connectivity index (χ2n) is 4.02. The van der Waals surface area contributed by atoms with E-state index < -0.39 is 33.2 Å². The maximum Gasteiger partial charge on any atom is 0.417 e. The van der Waals surface area contributed by atoms with Gasteiger partial charge in [-0.05, 0) is 18.6 Å². The Kier molecular flexibility index (Phi) is 5.12. The topological polar surface area (TPSA) is 89.3 Å². The van der Waals surface area contributed by atoms with Gasteiger partial charge in [0.25, 0.3) is 5.91 Å². The molecule has 0 fully saturated rings. The molecule has 0 saturated heterocycles. The average molecular weight is 310 g/mol. The Balaban J connectivity index is 2.69. The van der Waals surface area contributed by atoms with Crippen LogP contribution in [0, 0.1) is 0 Å². The fraction of sp³-hybridized carbons (Fsp3) is 0.364. The molecular formula is C11H13F3N2O3S. The molecule has 0 atom stereocenters. The monoisotopic (exact) mass is 310 g/mol. The van der Waals surface area contributed by atoms with Crippen LogP contribution in [0.5, 0.6) is 0 Å². The van der Waals surface area contributed by atoms with E-state index in [1.807, 2.05) is 0 Å². The zero-order valence-corrected chi connectivity index (χ0v) is 11.1. The molecule has 0 aromatic heterocycles. The first-order valence-electron chi connectivity index (χ1n) is 5.56. The van der Waals surface area contributed by atoms with Gasteiger partial charge < -0.3 is 5.32 Å². The number of rotatable bonds is 5. The normalized spacial score (nSPS) is 12.2. The van der Waals surface area contributed by atoms with E-state index in [4.69, 9.17) is 5.14 Å². The quantitative estimate of drug-likeness (QED) is 0.799. The highest BCUT2D eigenvalue weighted by atomic mass is 32.2. The predicted octanol–water partition coefficient (Wildman–Crippen LogP) is 1.11. The van der Waals surface area contributed by atoms with Gasteiger partial charge in [0, 0.05) is 6.54 Å². The van der Waals surface area contributed by atoms with Crippen molar-refractivity contribution in [1.82, 2.24) is 5.32 Å². The summed E-state index contributed by atoms with van der Waals surface area (Å²) in [5.74, 6) is -1.26. The lowest BCUT2D eigenvalue weighted by Gasteiger charge is -2.12. The highest BCUT2D eigenvalue weighted by molar-refractivity contribution is 7.89. The van der Waals surface area contributed by atoms with Crippen molar-refractivity contribution < 1.29 is 26.4 Å². The van der Waals surface area contributed by atoms with Gasteiger partial charge in [-0.1, -0.05) is 12.1 Å². The zero-order chi connectivity index (χ0) is 15.4. The molecule has 0 aliphatic rings. The fourth-order valence-electron chi connectivity index (χ4n) is 1.50. The number of carbonyl (C=O) groups is 1. The van der Waals surface area contributed by atoms with Crippen molar-refractivity contribution in [2.45, 2.75) is 12.6 Å². The van der Waals surface area contributed by atoms with E-state index >= 15 is 0 Å². The largest absolute Gasteiger partial charge is 0.417 e. The number of nitrogens with two attached hydrogens (primary N) is 1. The molecule has 1 aromatic carbocycles. The van der Waals surface area contributed by atoms with E-state index in [1.54, 1.807) is 0 Å². The minimum atomic E-state index is -4.63. The number of carbonyl (C=O) groups excluding carboxylic acids is 1.